The summed E-state index contributed by atoms with van der Waals surface area (Å²) in [5, 5.41) is 3.34. The molecule has 3 heterocycles. The van der Waals surface area contributed by atoms with Crippen LogP contribution in [-0.4, -0.2) is 74.1 Å². The number of hydrogen-bond acceptors (Lipinski definition) is 7. The molecule has 1 aliphatic carbocycles. The molecule has 12 heteroatoms. The second kappa shape index (κ2) is 9.07. The number of aliphatic imine (C=N–C) groups is 1. The minimum Gasteiger partial charge on any atom is -0.406 e. The Morgan fingerprint density at radius 1 is 1.13 bits per heavy atom. The second-order valence-electron chi connectivity index (χ2n) is 9.84. The molecule has 9 nitrogen and oxygen atoms in total. The van der Waals surface area contributed by atoms with E-state index in [-0.39, 0.29) is 18.2 Å². The number of urea groups is 1. The summed E-state index contributed by atoms with van der Waals surface area (Å²) in [6, 6.07) is 4.09. The number of anilines is 1. The fourth-order valence-corrected chi connectivity index (χ4v) is 5.22. The lowest BCUT2D eigenvalue weighted by Gasteiger charge is -2.35. The van der Waals surface area contributed by atoms with E-state index in [1.165, 1.54) is 17.0 Å². The van der Waals surface area contributed by atoms with Gasteiger partial charge in [-0.25, -0.2) is 9.69 Å². The van der Waals surface area contributed by atoms with Crippen molar-refractivity contribution in [2.75, 3.05) is 38.8 Å². The van der Waals surface area contributed by atoms with Crippen molar-refractivity contribution in [3.05, 3.63) is 59.3 Å². The van der Waals surface area contributed by atoms with Crippen LogP contribution in [-0.2, 0) is 14.3 Å². The number of benzene rings is 1. The van der Waals surface area contributed by atoms with Gasteiger partial charge in [-0.05, 0) is 61.9 Å². The summed E-state index contributed by atoms with van der Waals surface area (Å²) in [4.78, 5) is 34.2. The van der Waals surface area contributed by atoms with Gasteiger partial charge in [0, 0.05) is 45.3 Å². The number of nitrogens with zero attached hydrogens (tertiary/aromatic N) is 3. The van der Waals surface area contributed by atoms with Crippen LogP contribution in [0.2, 0.25) is 0 Å². The lowest BCUT2D eigenvalue weighted by Crippen LogP contribution is -2.49. The Labute approximate surface area is 217 Å². The first-order chi connectivity index (χ1) is 17.9. The van der Waals surface area contributed by atoms with Crippen molar-refractivity contribution in [3.8, 4) is 5.75 Å². The van der Waals surface area contributed by atoms with Crippen molar-refractivity contribution >= 4 is 23.3 Å². The number of allylic oxidation sites excluding steroid dienone is 2. The van der Waals surface area contributed by atoms with Gasteiger partial charge < -0.3 is 24.4 Å². The number of imide groups is 1. The van der Waals surface area contributed by atoms with Crippen LogP contribution in [0.5, 0.6) is 5.75 Å². The highest BCUT2D eigenvalue weighted by molar-refractivity contribution is 6.23. The van der Waals surface area contributed by atoms with E-state index < -0.39 is 35.4 Å². The molecule has 1 aromatic carbocycles. The molecule has 1 fully saturated rings. The van der Waals surface area contributed by atoms with Gasteiger partial charge in [-0.2, -0.15) is 0 Å². The number of carbonyl (C=O) groups excluding carboxylic acids is 2. The lowest BCUT2D eigenvalue weighted by molar-refractivity contribution is -0.274. The number of alkyl halides is 3. The summed E-state index contributed by atoms with van der Waals surface area (Å²) in [5.74, 6) is -2.16. The van der Waals surface area contributed by atoms with Crippen molar-refractivity contribution in [3.63, 3.8) is 0 Å². The maximum absolute atomic E-state index is 13.6. The molecule has 202 valence electrons. The van der Waals surface area contributed by atoms with Gasteiger partial charge in [0.2, 0.25) is 5.79 Å². The summed E-state index contributed by atoms with van der Waals surface area (Å²) in [7, 11) is 3.09. The smallest absolute Gasteiger partial charge is 0.406 e. The molecule has 3 amide bonds. The van der Waals surface area contributed by atoms with Crippen LogP contribution in [0.25, 0.3) is 0 Å². The number of amides is 3. The number of nitrogens with one attached hydrogen (secondary N) is 1. The first-order valence-electron chi connectivity index (χ1n) is 12.0. The molecule has 0 spiro atoms. The van der Waals surface area contributed by atoms with Gasteiger partial charge in [0.15, 0.2) is 0 Å². The van der Waals surface area contributed by atoms with Crippen LogP contribution in [0.15, 0.2) is 64.3 Å². The maximum Gasteiger partial charge on any atom is 0.573 e. The largest absolute Gasteiger partial charge is 0.573 e. The zero-order valence-electron chi connectivity index (χ0n) is 21.3. The fourth-order valence-electron chi connectivity index (χ4n) is 5.22. The number of fused-ring (bicyclic) bond motifs is 2. The predicted molar refractivity (Wildman–Crippen MR) is 132 cm³/mol. The van der Waals surface area contributed by atoms with E-state index >= 15 is 0 Å². The van der Waals surface area contributed by atoms with Gasteiger partial charge >= 0.3 is 12.4 Å². The summed E-state index contributed by atoms with van der Waals surface area (Å²) >= 11 is 0. The Morgan fingerprint density at radius 3 is 2.45 bits per heavy atom. The van der Waals surface area contributed by atoms with Gasteiger partial charge in [0.05, 0.1) is 17.1 Å². The molecule has 4 aliphatic rings. The quantitative estimate of drug-likeness (QED) is 0.445. The van der Waals surface area contributed by atoms with Crippen LogP contribution in [0.1, 0.15) is 13.8 Å². The zero-order chi connectivity index (χ0) is 27.5. The summed E-state index contributed by atoms with van der Waals surface area (Å²) in [6.45, 7) is 4.63. The van der Waals surface area contributed by atoms with Crippen molar-refractivity contribution < 1.29 is 37.0 Å². The Kier molecular flexibility index (Phi) is 6.24. The van der Waals surface area contributed by atoms with Crippen molar-refractivity contribution in [1.82, 2.24) is 10.2 Å². The van der Waals surface area contributed by atoms with Crippen molar-refractivity contribution in [2.24, 2.45) is 10.9 Å². The van der Waals surface area contributed by atoms with Crippen LogP contribution >= 0.6 is 0 Å². The van der Waals surface area contributed by atoms with E-state index in [4.69, 9.17) is 14.5 Å². The van der Waals surface area contributed by atoms with E-state index in [0.29, 0.717) is 13.1 Å². The molecule has 0 aromatic heterocycles. The second-order valence-corrected chi connectivity index (χ2v) is 9.84. The van der Waals surface area contributed by atoms with Gasteiger partial charge in [0.25, 0.3) is 5.91 Å². The van der Waals surface area contributed by atoms with Crippen molar-refractivity contribution in [2.45, 2.75) is 31.5 Å². The zero-order valence-corrected chi connectivity index (χ0v) is 21.3. The average molecular weight is 533 g/mol. The Bertz CT molecular complexity index is 1290. The Morgan fingerprint density at radius 2 is 1.82 bits per heavy atom. The molecule has 1 atom stereocenters. The highest BCUT2D eigenvalue weighted by Crippen LogP contribution is 2.41. The molecule has 1 N–H and O–H groups in total. The van der Waals surface area contributed by atoms with Gasteiger partial charge in [-0.1, -0.05) is 0 Å². The molecular weight excluding hydrogens is 505 g/mol. The molecule has 0 radical (unpaired) electrons. The molecule has 0 saturated carbocycles. The summed E-state index contributed by atoms with van der Waals surface area (Å²) < 4.78 is 52.7. The first-order valence-corrected chi connectivity index (χ1v) is 12.0. The Hall–Kier alpha value is -3.48. The number of carbonyl (C=O) groups is 2. The monoisotopic (exact) mass is 532 g/mol. The standard InChI is InChI=1S/C26H27F3N4O5/c1-24(2)22(34)33(16-5-7-17(8-6-16)38-26(27,28)29)23(35)32(24)14-15-12-30-13-20-21(15)18-11-25(36-3,37-4)10-9-19(18)31-20/h5-11,15,30H,12-14H2,1-4H3. The number of rotatable bonds is 6. The molecule has 0 bridgehead atoms. The highest BCUT2D eigenvalue weighted by Gasteiger charge is 2.53. The van der Waals surface area contributed by atoms with Crippen LogP contribution in [0.3, 0.4) is 0 Å². The van der Waals surface area contributed by atoms with Crippen LogP contribution in [0.4, 0.5) is 23.7 Å². The number of halogens is 3. The molecule has 5 rings (SSSR count). The molecule has 38 heavy (non-hydrogen) atoms. The normalized spacial score (nSPS) is 23.9. The van der Waals surface area contributed by atoms with Crippen molar-refractivity contribution in [1.29, 1.82) is 0 Å². The maximum atomic E-state index is 13.6. The molecule has 3 aliphatic heterocycles. The topological polar surface area (TPSA) is 92.7 Å². The number of hydrogen-bond donors (Lipinski definition) is 1. The Balaban J connectivity index is 1.41. The van der Waals surface area contributed by atoms with E-state index in [0.717, 1.165) is 39.6 Å². The SMILES string of the molecule is COC1(OC)C=CC2=NC3=C(C2=C1)C(CN1C(=O)N(c2ccc(OC(F)(F)F)cc2)C(=O)C1(C)C)CNC3. The highest BCUT2D eigenvalue weighted by atomic mass is 19.4. The van der Waals surface area contributed by atoms with E-state index in [9.17, 15) is 22.8 Å². The van der Waals surface area contributed by atoms with E-state index in [1.807, 2.05) is 12.2 Å². The van der Waals surface area contributed by atoms with Crippen LogP contribution < -0.4 is 15.0 Å². The molecule has 1 aromatic rings. The van der Waals surface area contributed by atoms with E-state index in [2.05, 4.69) is 10.1 Å². The third-order valence-corrected chi connectivity index (χ3v) is 7.24. The van der Waals surface area contributed by atoms with E-state index in [1.54, 1.807) is 34.1 Å². The molecule has 1 saturated heterocycles. The summed E-state index contributed by atoms with van der Waals surface area (Å²) in [5.41, 5.74) is 2.42. The average Bonchev–Trinajstić information content (AvgIpc) is 3.32. The summed E-state index contributed by atoms with van der Waals surface area (Å²) in [6.07, 6.45) is 0.650. The molecular formula is C26H27F3N4O5. The lowest BCUT2D eigenvalue weighted by atomic mass is 9.84. The minimum atomic E-state index is -4.85. The van der Waals surface area contributed by atoms with Gasteiger partial charge in [-0.15, -0.1) is 13.2 Å². The van der Waals surface area contributed by atoms with Gasteiger partial charge in [0.1, 0.15) is 11.3 Å². The number of ether oxygens (including phenoxy) is 3. The third-order valence-electron chi connectivity index (χ3n) is 7.24. The van der Waals surface area contributed by atoms with Crippen LogP contribution in [0, 0.1) is 5.92 Å². The fraction of sp³-hybridized carbons (Fsp3) is 0.423. The predicted octanol–water partition coefficient (Wildman–Crippen LogP) is 3.55. The van der Waals surface area contributed by atoms with Gasteiger partial charge in [-0.3, -0.25) is 9.79 Å². The molecule has 1 unspecified atom stereocenters. The minimum absolute atomic E-state index is 0.156. The third kappa shape index (κ3) is 4.32. The number of methoxy groups -OCH3 is 2. The first kappa shape index (κ1) is 26.1.